The molecule has 29 heavy (non-hydrogen) atoms. The number of nitrogens with zero attached hydrogens (tertiary/aromatic N) is 2. The van der Waals surface area contributed by atoms with Crippen molar-refractivity contribution in [3.05, 3.63) is 53.5 Å². The molecule has 0 saturated carbocycles. The van der Waals surface area contributed by atoms with Gasteiger partial charge in [0, 0.05) is 31.9 Å². The average molecular weight is 398 g/mol. The highest BCUT2D eigenvalue weighted by Gasteiger charge is 2.22. The molecule has 2 N–H and O–H groups in total. The Kier molecular flexibility index (Phi) is 6.54. The van der Waals surface area contributed by atoms with Crippen molar-refractivity contribution in [3.63, 3.8) is 0 Å². The first-order chi connectivity index (χ1) is 14.0. The summed E-state index contributed by atoms with van der Waals surface area (Å²) in [6.07, 6.45) is 1.38. The monoisotopic (exact) mass is 398 g/mol. The van der Waals surface area contributed by atoms with E-state index < -0.39 is 11.8 Å². The fourth-order valence-electron chi connectivity index (χ4n) is 3.28. The lowest BCUT2D eigenvalue weighted by molar-refractivity contribution is -0.132. The second-order valence-electron chi connectivity index (χ2n) is 7.02. The molecule has 1 aromatic carbocycles. The van der Waals surface area contributed by atoms with Crippen LogP contribution in [0, 0.1) is 13.8 Å². The molecule has 3 amide bonds. The van der Waals surface area contributed by atoms with Crippen LogP contribution in [-0.2, 0) is 9.59 Å². The minimum Gasteiger partial charge on any atom is -0.459 e. The van der Waals surface area contributed by atoms with Crippen LogP contribution >= 0.6 is 0 Å². The Labute approximate surface area is 169 Å². The van der Waals surface area contributed by atoms with Crippen LogP contribution in [0.25, 0.3) is 0 Å². The summed E-state index contributed by atoms with van der Waals surface area (Å²) in [5.41, 5.74) is 3.72. The standard InChI is InChI=1S/C21H26N4O4/c1-15-5-3-6-17(16(15)2)24-8-10-25(11-9-24)20(27)14-22-19(26)13-23-21(28)18-7-4-12-29-18/h3-7,12H,8-11,13-14H2,1-2H3,(H,22,26)(H,23,28). The number of piperazine rings is 1. The highest BCUT2D eigenvalue weighted by Crippen LogP contribution is 2.23. The Bertz CT molecular complexity index is 871. The molecule has 8 heteroatoms. The second-order valence-corrected chi connectivity index (χ2v) is 7.02. The van der Waals surface area contributed by atoms with Crippen molar-refractivity contribution in [2.75, 3.05) is 44.2 Å². The summed E-state index contributed by atoms with van der Waals surface area (Å²) in [5.74, 6) is -0.891. The number of carbonyl (C=O) groups excluding carboxylic acids is 3. The van der Waals surface area contributed by atoms with Gasteiger partial charge in [0.15, 0.2) is 5.76 Å². The maximum Gasteiger partial charge on any atom is 0.287 e. The first-order valence-electron chi connectivity index (χ1n) is 9.63. The number of nitrogens with one attached hydrogen (secondary N) is 2. The highest BCUT2D eigenvalue weighted by molar-refractivity contribution is 5.94. The third-order valence-electron chi connectivity index (χ3n) is 5.14. The molecule has 8 nitrogen and oxygen atoms in total. The molecule has 2 aromatic rings. The molecular weight excluding hydrogens is 372 g/mol. The van der Waals surface area contributed by atoms with Crippen molar-refractivity contribution in [1.29, 1.82) is 0 Å². The van der Waals surface area contributed by atoms with Crippen LogP contribution in [0.15, 0.2) is 41.0 Å². The number of furan rings is 1. The lowest BCUT2D eigenvalue weighted by Crippen LogP contribution is -2.52. The zero-order valence-corrected chi connectivity index (χ0v) is 16.7. The van der Waals surface area contributed by atoms with Gasteiger partial charge in [-0.25, -0.2) is 0 Å². The Hall–Kier alpha value is -3.29. The van der Waals surface area contributed by atoms with Crippen LogP contribution in [-0.4, -0.2) is 61.9 Å². The largest absolute Gasteiger partial charge is 0.459 e. The van der Waals surface area contributed by atoms with Crippen LogP contribution in [0.4, 0.5) is 5.69 Å². The second kappa shape index (κ2) is 9.27. The van der Waals surface area contributed by atoms with Gasteiger partial charge in [-0.3, -0.25) is 14.4 Å². The number of benzene rings is 1. The molecule has 0 unspecified atom stereocenters. The Morgan fingerprint density at radius 3 is 2.41 bits per heavy atom. The quantitative estimate of drug-likeness (QED) is 0.760. The molecule has 0 atom stereocenters. The van der Waals surface area contributed by atoms with Gasteiger partial charge in [-0.1, -0.05) is 12.1 Å². The zero-order valence-electron chi connectivity index (χ0n) is 16.7. The van der Waals surface area contributed by atoms with Gasteiger partial charge in [0.25, 0.3) is 5.91 Å². The van der Waals surface area contributed by atoms with Crippen molar-refractivity contribution in [3.8, 4) is 0 Å². The zero-order chi connectivity index (χ0) is 20.8. The number of hydrogen-bond acceptors (Lipinski definition) is 5. The number of amides is 3. The normalized spacial score (nSPS) is 13.9. The molecule has 0 spiro atoms. The van der Waals surface area contributed by atoms with Crippen LogP contribution in [0.5, 0.6) is 0 Å². The van der Waals surface area contributed by atoms with Gasteiger partial charge in [0.05, 0.1) is 19.4 Å². The van der Waals surface area contributed by atoms with E-state index in [0.29, 0.717) is 13.1 Å². The van der Waals surface area contributed by atoms with Crippen molar-refractivity contribution >= 4 is 23.4 Å². The van der Waals surface area contributed by atoms with Crippen molar-refractivity contribution in [2.45, 2.75) is 13.8 Å². The van der Waals surface area contributed by atoms with E-state index in [1.807, 2.05) is 0 Å². The maximum absolute atomic E-state index is 12.4. The Morgan fingerprint density at radius 1 is 0.966 bits per heavy atom. The molecule has 3 rings (SSSR count). The first kappa shape index (κ1) is 20.4. The summed E-state index contributed by atoms with van der Waals surface area (Å²) >= 11 is 0. The predicted octanol–water partition coefficient (Wildman–Crippen LogP) is 1.09. The van der Waals surface area contributed by atoms with Crippen LogP contribution in [0.3, 0.4) is 0 Å². The first-order valence-corrected chi connectivity index (χ1v) is 9.63. The molecule has 154 valence electrons. The summed E-state index contributed by atoms with van der Waals surface area (Å²) < 4.78 is 4.95. The third-order valence-corrected chi connectivity index (χ3v) is 5.14. The summed E-state index contributed by atoms with van der Waals surface area (Å²) in [4.78, 5) is 40.0. The van der Waals surface area contributed by atoms with E-state index in [4.69, 9.17) is 4.42 Å². The minimum atomic E-state index is -0.473. The molecule has 0 radical (unpaired) electrons. The number of carbonyl (C=O) groups is 3. The number of hydrogen-bond donors (Lipinski definition) is 2. The van der Waals surface area contributed by atoms with E-state index in [2.05, 4.69) is 47.6 Å². The van der Waals surface area contributed by atoms with Crippen molar-refractivity contribution in [1.82, 2.24) is 15.5 Å². The van der Waals surface area contributed by atoms with Gasteiger partial charge in [0.2, 0.25) is 11.8 Å². The van der Waals surface area contributed by atoms with Crippen molar-refractivity contribution in [2.24, 2.45) is 0 Å². The molecule has 2 heterocycles. The van der Waals surface area contributed by atoms with E-state index >= 15 is 0 Å². The molecule has 0 aliphatic carbocycles. The average Bonchev–Trinajstić information content (AvgIpc) is 3.27. The predicted molar refractivity (Wildman–Crippen MR) is 109 cm³/mol. The highest BCUT2D eigenvalue weighted by atomic mass is 16.3. The van der Waals surface area contributed by atoms with Crippen LogP contribution in [0.1, 0.15) is 21.7 Å². The van der Waals surface area contributed by atoms with E-state index in [1.165, 1.54) is 29.1 Å². The van der Waals surface area contributed by atoms with Gasteiger partial charge in [-0.2, -0.15) is 0 Å². The number of rotatable bonds is 6. The fraction of sp³-hybridized carbons (Fsp3) is 0.381. The molecule has 1 aliphatic rings. The number of aryl methyl sites for hydroxylation is 1. The smallest absolute Gasteiger partial charge is 0.287 e. The Balaban J connectivity index is 1.40. The molecule has 1 aliphatic heterocycles. The molecule has 1 saturated heterocycles. The molecule has 1 fully saturated rings. The fourth-order valence-corrected chi connectivity index (χ4v) is 3.28. The topological polar surface area (TPSA) is 94.9 Å². The van der Waals surface area contributed by atoms with Gasteiger partial charge >= 0.3 is 0 Å². The lowest BCUT2D eigenvalue weighted by Gasteiger charge is -2.37. The molecule has 1 aromatic heterocycles. The van der Waals surface area contributed by atoms with E-state index in [0.717, 1.165) is 13.1 Å². The van der Waals surface area contributed by atoms with Gasteiger partial charge in [0.1, 0.15) is 0 Å². The van der Waals surface area contributed by atoms with Gasteiger partial charge < -0.3 is 24.9 Å². The van der Waals surface area contributed by atoms with E-state index in [9.17, 15) is 14.4 Å². The number of anilines is 1. The van der Waals surface area contributed by atoms with Crippen molar-refractivity contribution < 1.29 is 18.8 Å². The van der Waals surface area contributed by atoms with E-state index in [-0.39, 0.29) is 24.8 Å². The Morgan fingerprint density at radius 2 is 1.72 bits per heavy atom. The third kappa shape index (κ3) is 5.16. The van der Waals surface area contributed by atoms with Gasteiger partial charge in [-0.05, 0) is 43.2 Å². The molecule has 0 bridgehead atoms. The summed E-state index contributed by atoms with van der Waals surface area (Å²) in [5, 5.41) is 5.00. The summed E-state index contributed by atoms with van der Waals surface area (Å²) in [6, 6.07) is 9.35. The molecular formula is C21H26N4O4. The van der Waals surface area contributed by atoms with Crippen LogP contribution in [0.2, 0.25) is 0 Å². The van der Waals surface area contributed by atoms with Crippen LogP contribution < -0.4 is 15.5 Å². The summed E-state index contributed by atoms with van der Waals surface area (Å²) in [7, 11) is 0. The maximum atomic E-state index is 12.4. The lowest BCUT2D eigenvalue weighted by atomic mass is 10.1. The summed E-state index contributed by atoms with van der Waals surface area (Å²) in [6.45, 7) is 6.63. The SMILES string of the molecule is Cc1cccc(N2CCN(C(=O)CNC(=O)CNC(=O)c3ccco3)CC2)c1C. The minimum absolute atomic E-state index is 0.0844. The van der Waals surface area contributed by atoms with Gasteiger partial charge in [-0.15, -0.1) is 0 Å². The van der Waals surface area contributed by atoms with E-state index in [1.54, 1.807) is 11.0 Å².